The van der Waals surface area contributed by atoms with Gasteiger partial charge in [-0.15, -0.1) is 11.3 Å². The van der Waals surface area contributed by atoms with Crippen LogP contribution in [-0.2, 0) is 6.42 Å². The van der Waals surface area contributed by atoms with Crippen LogP contribution in [0.25, 0.3) is 0 Å². The van der Waals surface area contributed by atoms with Crippen molar-refractivity contribution in [2.75, 3.05) is 0 Å². The number of thiophene rings is 1. The Balaban J connectivity index is 2.17. The Labute approximate surface area is 121 Å². The van der Waals surface area contributed by atoms with Crippen molar-refractivity contribution in [2.24, 2.45) is 5.92 Å². The highest BCUT2D eigenvalue weighted by Crippen LogP contribution is 2.33. The molecule has 1 aromatic heterocycles. The predicted octanol–water partition coefficient (Wildman–Crippen LogP) is 4.79. The van der Waals surface area contributed by atoms with Crippen molar-refractivity contribution in [3.05, 3.63) is 56.2 Å². The van der Waals surface area contributed by atoms with Gasteiger partial charge in [0.2, 0.25) is 0 Å². The number of hydrogen-bond acceptors (Lipinski definition) is 2. The van der Waals surface area contributed by atoms with Crippen LogP contribution in [0, 0.1) is 5.92 Å². The van der Waals surface area contributed by atoms with Crippen molar-refractivity contribution in [1.29, 1.82) is 0 Å². The van der Waals surface area contributed by atoms with Gasteiger partial charge in [-0.05, 0) is 50.8 Å². The molecule has 96 valence electrons. The topological polar surface area (TPSA) is 20.2 Å². The number of halogens is 1. The monoisotopic (exact) mass is 324 g/mol. The molecule has 0 aliphatic heterocycles. The molecule has 0 fully saturated rings. The summed E-state index contributed by atoms with van der Waals surface area (Å²) in [4.78, 5) is 0.964. The summed E-state index contributed by atoms with van der Waals surface area (Å²) in [5, 5.41) is 12.3. The van der Waals surface area contributed by atoms with E-state index in [9.17, 15) is 5.11 Å². The second kappa shape index (κ2) is 6.00. The van der Waals surface area contributed by atoms with E-state index in [-0.39, 0.29) is 0 Å². The average Bonchev–Trinajstić information content (AvgIpc) is 2.75. The highest BCUT2D eigenvalue weighted by Gasteiger charge is 2.14. The lowest BCUT2D eigenvalue weighted by molar-refractivity contribution is 0.223. The molecule has 0 radical (unpaired) electrons. The summed E-state index contributed by atoms with van der Waals surface area (Å²) >= 11 is 5.03. The van der Waals surface area contributed by atoms with Gasteiger partial charge in [-0.1, -0.05) is 38.1 Å². The van der Waals surface area contributed by atoms with Crippen molar-refractivity contribution >= 4 is 27.3 Å². The number of benzene rings is 1. The van der Waals surface area contributed by atoms with Crippen LogP contribution >= 0.6 is 27.3 Å². The Morgan fingerprint density at radius 3 is 2.33 bits per heavy atom. The molecule has 1 N–H and O–H groups in total. The van der Waals surface area contributed by atoms with E-state index in [4.69, 9.17) is 0 Å². The maximum atomic E-state index is 10.3. The molecule has 0 aliphatic carbocycles. The molecule has 1 atom stereocenters. The Kier molecular flexibility index (Phi) is 4.60. The van der Waals surface area contributed by atoms with Gasteiger partial charge in [-0.2, -0.15) is 0 Å². The van der Waals surface area contributed by atoms with Gasteiger partial charge in [0.05, 0.1) is 4.88 Å². The molecule has 1 unspecified atom stereocenters. The van der Waals surface area contributed by atoms with Gasteiger partial charge in [-0.25, -0.2) is 0 Å². The smallest absolute Gasteiger partial charge is 0.114 e. The molecule has 3 heteroatoms. The van der Waals surface area contributed by atoms with Crippen LogP contribution in [0.15, 0.2) is 40.2 Å². The van der Waals surface area contributed by atoms with E-state index >= 15 is 0 Å². The standard InChI is InChI=1S/C15H17BrOS/c1-10(2)9-11-3-5-12(6-4-11)14(17)15-13(16)7-8-18-15/h3-8,10,14,17H,9H2,1-2H3. The number of aliphatic hydroxyl groups is 1. The minimum Gasteiger partial charge on any atom is -0.383 e. The zero-order valence-corrected chi connectivity index (χ0v) is 13.0. The zero-order valence-electron chi connectivity index (χ0n) is 10.6. The summed E-state index contributed by atoms with van der Waals surface area (Å²) in [6.07, 6.45) is 0.548. The van der Waals surface area contributed by atoms with Crippen LogP contribution in [0.2, 0.25) is 0 Å². The third kappa shape index (κ3) is 3.22. The fourth-order valence-electron chi connectivity index (χ4n) is 1.96. The molecule has 1 nitrogen and oxygen atoms in total. The first-order valence-corrected chi connectivity index (χ1v) is 7.75. The van der Waals surface area contributed by atoms with Gasteiger partial charge in [0.1, 0.15) is 6.10 Å². The van der Waals surface area contributed by atoms with Crippen molar-refractivity contribution in [3.63, 3.8) is 0 Å². The summed E-state index contributed by atoms with van der Waals surface area (Å²) in [5.74, 6) is 0.659. The van der Waals surface area contributed by atoms with E-state index in [1.165, 1.54) is 5.56 Å². The lowest BCUT2D eigenvalue weighted by atomic mass is 10.00. The summed E-state index contributed by atoms with van der Waals surface area (Å²) in [6, 6.07) is 10.2. The van der Waals surface area contributed by atoms with Gasteiger partial charge < -0.3 is 5.11 Å². The summed E-state index contributed by atoms with van der Waals surface area (Å²) in [7, 11) is 0. The molecule has 0 aliphatic rings. The zero-order chi connectivity index (χ0) is 13.1. The van der Waals surface area contributed by atoms with E-state index in [0.29, 0.717) is 5.92 Å². The van der Waals surface area contributed by atoms with Crippen molar-refractivity contribution in [2.45, 2.75) is 26.4 Å². The molecule has 0 saturated heterocycles. The molecular formula is C15H17BrOS. The van der Waals surface area contributed by atoms with Gasteiger partial charge in [-0.3, -0.25) is 0 Å². The van der Waals surface area contributed by atoms with Gasteiger partial charge >= 0.3 is 0 Å². The Morgan fingerprint density at radius 2 is 1.83 bits per heavy atom. The van der Waals surface area contributed by atoms with Crippen molar-refractivity contribution in [3.8, 4) is 0 Å². The fourth-order valence-corrected chi connectivity index (χ4v) is 3.56. The van der Waals surface area contributed by atoms with E-state index in [2.05, 4.69) is 41.9 Å². The largest absolute Gasteiger partial charge is 0.383 e. The van der Waals surface area contributed by atoms with Crippen LogP contribution in [0.4, 0.5) is 0 Å². The lowest BCUT2D eigenvalue weighted by Crippen LogP contribution is -1.99. The maximum absolute atomic E-state index is 10.3. The average molecular weight is 325 g/mol. The molecule has 1 heterocycles. The molecule has 18 heavy (non-hydrogen) atoms. The predicted molar refractivity (Wildman–Crippen MR) is 81.1 cm³/mol. The van der Waals surface area contributed by atoms with Gasteiger partial charge in [0, 0.05) is 4.47 Å². The van der Waals surface area contributed by atoms with Crippen LogP contribution in [0.1, 0.15) is 36.0 Å². The van der Waals surface area contributed by atoms with Crippen LogP contribution < -0.4 is 0 Å². The van der Waals surface area contributed by atoms with E-state index in [0.717, 1.165) is 21.3 Å². The fraction of sp³-hybridized carbons (Fsp3) is 0.333. The summed E-state index contributed by atoms with van der Waals surface area (Å²) < 4.78 is 0.978. The number of hydrogen-bond donors (Lipinski definition) is 1. The Bertz CT molecular complexity index is 501. The van der Waals surface area contributed by atoms with Crippen molar-refractivity contribution in [1.82, 2.24) is 0 Å². The lowest BCUT2D eigenvalue weighted by Gasteiger charge is -2.11. The first kappa shape index (κ1) is 13.8. The molecule has 0 saturated carbocycles. The number of aliphatic hydroxyl groups excluding tert-OH is 1. The van der Waals surface area contributed by atoms with E-state index in [1.54, 1.807) is 11.3 Å². The molecule has 1 aromatic carbocycles. The highest BCUT2D eigenvalue weighted by molar-refractivity contribution is 9.10. The van der Waals surface area contributed by atoms with E-state index in [1.807, 2.05) is 23.6 Å². The first-order chi connectivity index (χ1) is 8.58. The first-order valence-electron chi connectivity index (χ1n) is 6.07. The summed E-state index contributed by atoms with van der Waals surface area (Å²) in [6.45, 7) is 4.43. The Morgan fingerprint density at radius 1 is 1.17 bits per heavy atom. The number of rotatable bonds is 4. The SMILES string of the molecule is CC(C)Cc1ccc(C(O)c2sccc2Br)cc1. The van der Waals surface area contributed by atoms with Crippen LogP contribution in [0.3, 0.4) is 0 Å². The second-order valence-electron chi connectivity index (χ2n) is 4.87. The molecule has 0 spiro atoms. The van der Waals surface area contributed by atoms with Crippen LogP contribution in [0.5, 0.6) is 0 Å². The van der Waals surface area contributed by atoms with Crippen molar-refractivity contribution < 1.29 is 5.11 Å². The van der Waals surface area contributed by atoms with Gasteiger partial charge in [0.25, 0.3) is 0 Å². The van der Waals surface area contributed by atoms with E-state index < -0.39 is 6.10 Å². The minimum absolute atomic E-state index is 0.535. The minimum atomic E-state index is -0.535. The summed E-state index contributed by atoms with van der Waals surface area (Å²) in [5.41, 5.74) is 2.27. The maximum Gasteiger partial charge on any atom is 0.114 e. The van der Waals surface area contributed by atoms with Crippen LogP contribution in [-0.4, -0.2) is 5.11 Å². The molecule has 0 bridgehead atoms. The quantitative estimate of drug-likeness (QED) is 0.857. The van der Waals surface area contributed by atoms with Gasteiger partial charge in [0.15, 0.2) is 0 Å². The highest BCUT2D eigenvalue weighted by atomic mass is 79.9. The third-order valence-corrected chi connectivity index (χ3v) is 4.76. The second-order valence-corrected chi connectivity index (χ2v) is 6.68. The third-order valence-electron chi connectivity index (χ3n) is 2.83. The molecule has 2 rings (SSSR count). The Hall–Kier alpha value is -0.640. The molecule has 0 amide bonds. The molecular weight excluding hydrogens is 308 g/mol. The molecule has 2 aromatic rings. The normalized spacial score (nSPS) is 12.9.